The fourth-order valence-electron chi connectivity index (χ4n) is 1.26. The monoisotopic (exact) mass is 154 g/mol. The number of rotatable bonds is 4. The number of ketones is 1. The van der Waals surface area contributed by atoms with Gasteiger partial charge in [-0.1, -0.05) is 13.5 Å². The van der Waals surface area contributed by atoms with Gasteiger partial charge in [-0.25, -0.2) is 0 Å². The van der Waals surface area contributed by atoms with Crippen LogP contribution in [0.4, 0.5) is 0 Å². The zero-order valence-corrected chi connectivity index (χ0v) is 6.93. The van der Waals surface area contributed by atoms with Crippen LogP contribution in [0, 0.1) is 5.41 Å². The van der Waals surface area contributed by atoms with Gasteiger partial charge in [0.15, 0.2) is 5.78 Å². The Hall–Kier alpha value is -0.630. The Kier molecular flexibility index (Phi) is 2.45. The molecule has 1 aliphatic heterocycles. The molecule has 0 aromatic heterocycles. The zero-order chi connectivity index (χ0) is 8.32. The van der Waals surface area contributed by atoms with E-state index >= 15 is 0 Å². The van der Waals surface area contributed by atoms with Crippen LogP contribution in [0.25, 0.3) is 0 Å². The molecule has 0 radical (unpaired) electrons. The van der Waals surface area contributed by atoms with E-state index < -0.39 is 0 Å². The molecule has 62 valence electrons. The molecular weight excluding hydrogens is 140 g/mol. The third-order valence-electron chi connectivity index (χ3n) is 2.34. The summed E-state index contributed by atoms with van der Waals surface area (Å²) in [6.45, 7) is 7.02. The van der Waals surface area contributed by atoms with Crippen LogP contribution in [-0.4, -0.2) is 19.0 Å². The van der Waals surface area contributed by atoms with E-state index in [9.17, 15) is 4.79 Å². The third kappa shape index (κ3) is 1.69. The van der Waals surface area contributed by atoms with Gasteiger partial charge in [0.05, 0.1) is 13.2 Å². The number of ether oxygens (including phenoxy) is 1. The van der Waals surface area contributed by atoms with Crippen LogP contribution in [0.2, 0.25) is 0 Å². The average Bonchev–Trinajstić information content (AvgIpc) is 1.96. The largest absolute Gasteiger partial charge is 0.380 e. The average molecular weight is 154 g/mol. The van der Waals surface area contributed by atoms with Gasteiger partial charge in [0.1, 0.15) is 0 Å². The number of carbonyl (C=O) groups excluding carboxylic acids is 1. The Balaban J connectivity index is 2.44. The van der Waals surface area contributed by atoms with Crippen molar-refractivity contribution < 1.29 is 9.53 Å². The Labute approximate surface area is 67.2 Å². The topological polar surface area (TPSA) is 26.3 Å². The van der Waals surface area contributed by atoms with E-state index in [0.717, 1.165) is 19.6 Å². The molecule has 11 heavy (non-hydrogen) atoms. The number of carbonyl (C=O) groups is 1. The molecule has 0 unspecified atom stereocenters. The van der Waals surface area contributed by atoms with Crippen molar-refractivity contribution in [1.29, 1.82) is 0 Å². The molecular formula is C9H14O2. The van der Waals surface area contributed by atoms with Gasteiger partial charge in [-0.05, 0) is 12.5 Å². The van der Waals surface area contributed by atoms with E-state index in [2.05, 4.69) is 13.5 Å². The maximum absolute atomic E-state index is 11.0. The van der Waals surface area contributed by atoms with Crippen molar-refractivity contribution in [3.8, 4) is 0 Å². The first-order chi connectivity index (χ1) is 5.22. The Bertz CT molecular complexity index is 163. The molecule has 0 bridgehead atoms. The van der Waals surface area contributed by atoms with Crippen molar-refractivity contribution in [3.05, 3.63) is 12.7 Å². The molecule has 0 aliphatic carbocycles. The van der Waals surface area contributed by atoms with E-state index in [1.54, 1.807) is 0 Å². The molecule has 0 N–H and O–H groups in total. The fraction of sp³-hybridized carbons (Fsp3) is 0.667. The minimum atomic E-state index is 0.134. The maximum atomic E-state index is 11.0. The first-order valence-electron chi connectivity index (χ1n) is 3.95. The molecule has 2 nitrogen and oxygen atoms in total. The molecule has 0 amide bonds. The summed E-state index contributed by atoms with van der Waals surface area (Å²) in [6.07, 6.45) is 3.02. The van der Waals surface area contributed by atoms with Crippen molar-refractivity contribution in [2.45, 2.75) is 19.8 Å². The van der Waals surface area contributed by atoms with Crippen LogP contribution < -0.4 is 0 Å². The van der Waals surface area contributed by atoms with Crippen molar-refractivity contribution in [1.82, 2.24) is 0 Å². The van der Waals surface area contributed by atoms with Crippen molar-refractivity contribution in [2.24, 2.45) is 5.41 Å². The van der Waals surface area contributed by atoms with E-state index in [1.165, 1.54) is 6.08 Å². The molecule has 0 aromatic carbocycles. The molecule has 0 atom stereocenters. The van der Waals surface area contributed by atoms with Gasteiger partial charge in [0.25, 0.3) is 0 Å². The van der Waals surface area contributed by atoms with E-state index in [1.807, 2.05) is 0 Å². The summed E-state index contributed by atoms with van der Waals surface area (Å²) in [5.41, 5.74) is 0.144. The molecule has 0 spiro atoms. The second-order valence-corrected chi connectivity index (χ2v) is 3.19. The highest BCUT2D eigenvalue weighted by Gasteiger charge is 2.37. The van der Waals surface area contributed by atoms with Crippen molar-refractivity contribution in [3.63, 3.8) is 0 Å². The summed E-state index contributed by atoms with van der Waals surface area (Å²) < 4.78 is 5.09. The Morgan fingerprint density at radius 3 is 2.64 bits per heavy atom. The van der Waals surface area contributed by atoms with Crippen molar-refractivity contribution >= 4 is 5.78 Å². The number of hydrogen-bond donors (Lipinski definition) is 0. The van der Waals surface area contributed by atoms with Gasteiger partial charge in [-0.2, -0.15) is 0 Å². The van der Waals surface area contributed by atoms with Gasteiger partial charge < -0.3 is 4.74 Å². The molecule has 1 fully saturated rings. The quantitative estimate of drug-likeness (QED) is 0.574. The standard InChI is InChI=1S/C9H14O2/c1-3-8(10)5-9(4-2)6-11-7-9/h3H,1,4-7H2,2H3. The smallest absolute Gasteiger partial charge is 0.155 e. The van der Waals surface area contributed by atoms with Crippen molar-refractivity contribution in [2.75, 3.05) is 13.2 Å². The lowest BCUT2D eigenvalue weighted by Gasteiger charge is -2.40. The van der Waals surface area contributed by atoms with Crippen LogP contribution in [0.15, 0.2) is 12.7 Å². The predicted octanol–water partition coefficient (Wildman–Crippen LogP) is 1.56. The van der Waals surface area contributed by atoms with Gasteiger partial charge in [0.2, 0.25) is 0 Å². The summed E-state index contributed by atoms with van der Waals surface area (Å²) in [4.78, 5) is 11.0. The lowest BCUT2D eigenvalue weighted by molar-refractivity contribution is -0.138. The van der Waals surface area contributed by atoms with Gasteiger partial charge in [-0.15, -0.1) is 0 Å². The highest BCUT2D eigenvalue weighted by atomic mass is 16.5. The Morgan fingerprint density at radius 1 is 1.73 bits per heavy atom. The third-order valence-corrected chi connectivity index (χ3v) is 2.34. The van der Waals surface area contributed by atoms with E-state index in [0.29, 0.717) is 6.42 Å². The number of hydrogen-bond acceptors (Lipinski definition) is 2. The molecule has 1 heterocycles. The van der Waals surface area contributed by atoms with Crippen LogP contribution in [0.5, 0.6) is 0 Å². The summed E-state index contributed by atoms with van der Waals surface area (Å²) in [5, 5.41) is 0. The van der Waals surface area contributed by atoms with E-state index in [4.69, 9.17) is 4.74 Å². The molecule has 0 saturated carbocycles. The predicted molar refractivity (Wildman–Crippen MR) is 43.4 cm³/mol. The molecule has 0 aromatic rings. The van der Waals surface area contributed by atoms with Gasteiger partial charge in [-0.3, -0.25) is 4.79 Å². The van der Waals surface area contributed by atoms with Crippen LogP contribution >= 0.6 is 0 Å². The lowest BCUT2D eigenvalue weighted by atomic mass is 9.78. The molecule has 2 heteroatoms. The maximum Gasteiger partial charge on any atom is 0.155 e. The summed E-state index contributed by atoms with van der Waals surface area (Å²) >= 11 is 0. The zero-order valence-electron chi connectivity index (χ0n) is 6.93. The van der Waals surface area contributed by atoms with E-state index in [-0.39, 0.29) is 11.2 Å². The molecule has 1 aliphatic rings. The molecule has 1 rings (SSSR count). The summed E-state index contributed by atoms with van der Waals surface area (Å²) in [7, 11) is 0. The van der Waals surface area contributed by atoms with Crippen LogP contribution in [0.3, 0.4) is 0 Å². The second kappa shape index (κ2) is 3.18. The SMILES string of the molecule is C=CC(=O)CC1(CC)COC1. The minimum absolute atomic E-state index is 0.134. The van der Waals surface area contributed by atoms with Gasteiger partial charge in [0, 0.05) is 11.8 Å². The first-order valence-corrected chi connectivity index (χ1v) is 3.95. The van der Waals surface area contributed by atoms with Crippen LogP contribution in [0.1, 0.15) is 19.8 Å². The summed E-state index contributed by atoms with van der Waals surface area (Å²) in [5.74, 6) is 0.134. The second-order valence-electron chi connectivity index (χ2n) is 3.19. The minimum Gasteiger partial charge on any atom is -0.380 e. The highest BCUT2D eigenvalue weighted by molar-refractivity contribution is 5.89. The highest BCUT2D eigenvalue weighted by Crippen LogP contribution is 2.34. The molecule has 1 saturated heterocycles. The summed E-state index contributed by atoms with van der Waals surface area (Å²) in [6, 6.07) is 0. The fourth-order valence-corrected chi connectivity index (χ4v) is 1.26. The van der Waals surface area contributed by atoms with Crippen LogP contribution in [-0.2, 0) is 9.53 Å². The van der Waals surface area contributed by atoms with Gasteiger partial charge >= 0.3 is 0 Å². The first kappa shape index (κ1) is 8.47. The lowest BCUT2D eigenvalue weighted by Crippen LogP contribution is -2.43. The normalized spacial score (nSPS) is 20.5. The Morgan fingerprint density at radius 2 is 2.36 bits per heavy atom. The number of allylic oxidation sites excluding steroid dienone is 1.